The highest BCUT2D eigenvalue weighted by atomic mass is 16.2. The molecule has 7 heteroatoms. The summed E-state index contributed by atoms with van der Waals surface area (Å²) in [6.45, 7) is 5.72. The maximum absolute atomic E-state index is 12.9. The van der Waals surface area contributed by atoms with Crippen LogP contribution in [-0.2, 0) is 13.1 Å². The van der Waals surface area contributed by atoms with Crippen LogP contribution in [0.15, 0.2) is 36.5 Å². The van der Waals surface area contributed by atoms with Crippen molar-refractivity contribution in [2.75, 3.05) is 6.54 Å². The fraction of sp³-hybridized carbons (Fsp3) is 0.294. The first-order valence-corrected chi connectivity index (χ1v) is 7.93. The summed E-state index contributed by atoms with van der Waals surface area (Å²) in [5.74, 6) is 1.71. The third kappa shape index (κ3) is 2.29. The number of rotatable bonds is 2. The topological polar surface area (TPSA) is 68.8 Å². The van der Waals surface area contributed by atoms with Crippen LogP contribution in [0.1, 0.15) is 27.7 Å². The van der Waals surface area contributed by atoms with Crippen LogP contribution in [0, 0.1) is 13.8 Å². The van der Waals surface area contributed by atoms with E-state index in [0.717, 1.165) is 29.6 Å². The molecule has 2 aromatic heterocycles. The summed E-state index contributed by atoms with van der Waals surface area (Å²) in [6.07, 6.45) is 1.65. The average Bonchev–Trinajstić information content (AvgIpc) is 3.18. The molecule has 0 atom stereocenters. The van der Waals surface area contributed by atoms with Gasteiger partial charge in [0.15, 0.2) is 5.82 Å². The molecule has 1 aromatic carbocycles. The molecular formula is C17H18N6O. The van der Waals surface area contributed by atoms with Crippen molar-refractivity contribution in [2.45, 2.75) is 26.9 Å². The lowest BCUT2D eigenvalue weighted by Crippen LogP contribution is -2.38. The lowest BCUT2D eigenvalue weighted by molar-refractivity contribution is 0.0706. The Morgan fingerprint density at radius 2 is 1.88 bits per heavy atom. The summed E-state index contributed by atoms with van der Waals surface area (Å²) in [6, 6.07) is 9.82. The molecule has 0 radical (unpaired) electrons. The third-order valence-corrected chi connectivity index (χ3v) is 4.47. The monoisotopic (exact) mass is 322 g/mol. The largest absolute Gasteiger partial charge is 0.329 e. The second-order valence-electron chi connectivity index (χ2n) is 5.93. The molecule has 0 saturated heterocycles. The molecule has 0 spiro atoms. The molecule has 0 fully saturated rings. The van der Waals surface area contributed by atoms with Crippen LogP contribution in [0.25, 0.3) is 5.69 Å². The van der Waals surface area contributed by atoms with Gasteiger partial charge in [-0.25, -0.2) is 4.68 Å². The maximum Gasteiger partial charge on any atom is 0.257 e. The number of aryl methyl sites for hydroxylation is 1. The Hall–Kier alpha value is -2.96. The SMILES string of the molecule is Cc1c(C(=O)N2CCn3c(C)nnc3C2)cnn1-c1ccccc1. The zero-order valence-corrected chi connectivity index (χ0v) is 13.7. The molecule has 24 heavy (non-hydrogen) atoms. The molecule has 1 amide bonds. The highest BCUT2D eigenvalue weighted by Gasteiger charge is 2.26. The van der Waals surface area contributed by atoms with Crippen LogP contribution in [0.2, 0.25) is 0 Å². The Morgan fingerprint density at radius 3 is 2.67 bits per heavy atom. The van der Waals surface area contributed by atoms with Gasteiger partial charge in [0.1, 0.15) is 5.82 Å². The van der Waals surface area contributed by atoms with E-state index in [2.05, 4.69) is 19.9 Å². The summed E-state index contributed by atoms with van der Waals surface area (Å²) in [7, 11) is 0. The van der Waals surface area contributed by atoms with E-state index in [1.807, 2.05) is 49.1 Å². The lowest BCUT2D eigenvalue weighted by atomic mass is 10.2. The second-order valence-corrected chi connectivity index (χ2v) is 5.93. The van der Waals surface area contributed by atoms with Crippen LogP contribution in [0.5, 0.6) is 0 Å². The molecule has 0 unspecified atom stereocenters. The predicted octanol–water partition coefficient (Wildman–Crippen LogP) is 1.74. The molecule has 0 N–H and O–H groups in total. The highest BCUT2D eigenvalue weighted by Crippen LogP contribution is 2.19. The standard InChI is InChI=1S/C17H18N6O/c1-12-15(10-18-23(12)14-6-4-3-5-7-14)17(24)21-8-9-22-13(2)19-20-16(22)11-21/h3-7,10H,8-9,11H2,1-2H3. The molecular weight excluding hydrogens is 304 g/mol. The summed E-state index contributed by atoms with van der Waals surface area (Å²) >= 11 is 0. The summed E-state index contributed by atoms with van der Waals surface area (Å²) in [5, 5.41) is 12.6. The van der Waals surface area contributed by atoms with Gasteiger partial charge in [0.25, 0.3) is 5.91 Å². The van der Waals surface area contributed by atoms with E-state index < -0.39 is 0 Å². The Labute approximate surface area is 139 Å². The van der Waals surface area contributed by atoms with Crippen molar-refractivity contribution in [3.05, 3.63) is 59.4 Å². The van der Waals surface area contributed by atoms with Crippen LogP contribution in [0.4, 0.5) is 0 Å². The van der Waals surface area contributed by atoms with Gasteiger partial charge in [-0.05, 0) is 26.0 Å². The number of hydrogen-bond acceptors (Lipinski definition) is 4. The van der Waals surface area contributed by atoms with Gasteiger partial charge < -0.3 is 9.47 Å². The van der Waals surface area contributed by atoms with Crippen molar-refractivity contribution in [1.29, 1.82) is 0 Å². The third-order valence-electron chi connectivity index (χ3n) is 4.47. The van der Waals surface area contributed by atoms with Crippen molar-refractivity contribution < 1.29 is 4.79 Å². The van der Waals surface area contributed by atoms with Gasteiger partial charge in [-0.1, -0.05) is 18.2 Å². The number of para-hydroxylation sites is 1. The van der Waals surface area contributed by atoms with E-state index in [-0.39, 0.29) is 5.91 Å². The van der Waals surface area contributed by atoms with Gasteiger partial charge in [0.05, 0.1) is 29.7 Å². The number of hydrogen-bond donors (Lipinski definition) is 0. The van der Waals surface area contributed by atoms with Gasteiger partial charge in [-0.15, -0.1) is 10.2 Å². The fourth-order valence-corrected chi connectivity index (χ4v) is 3.10. The molecule has 122 valence electrons. The Morgan fingerprint density at radius 1 is 1.08 bits per heavy atom. The minimum atomic E-state index is -0.0124. The van der Waals surface area contributed by atoms with Crippen molar-refractivity contribution in [1.82, 2.24) is 29.4 Å². The molecule has 1 aliphatic heterocycles. The summed E-state index contributed by atoms with van der Waals surface area (Å²) in [4.78, 5) is 14.7. The number of carbonyl (C=O) groups is 1. The maximum atomic E-state index is 12.9. The van der Waals surface area contributed by atoms with E-state index in [1.54, 1.807) is 10.9 Å². The second kappa shape index (κ2) is 5.59. The first-order valence-electron chi connectivity index (χ1n) is 7.93. The summed E-state index contributed by atoms with van der Waals surface area (Å²) in [5.41, 5.74) is 2.42. The van der Waals surface area contributed by atoms with Crippen molar-refractivity contribution in [3.63, 3.8) is 0 Å². The van der Waals surface area contributed by atoms with Gasteiger partial charge in [0, 0.05) is 13.1 Å². The number of benzene rings is 1. The van der Waals surface area contributed by atoms with Gasteiger partial charge in [-0.2, -0.15) is 5.10 Å². The van der Waals surface area contributed by atoms with Crippen molar-refractivity contribution >= 4 is 5.91 Å². The lowest BCUT2D eigenvalue weighted by Gasteiger charge is -2.27. The summed E-state index contributed by atoms with van der Waals surface area (Å²) < 4.78 is 3.86. The number of carbonyl (C=O) groups excluding carboxylic acids is 1. The smallest absolute Gasteiger partial charge is 0.257 e. The zero-order valence-electron chi connectivity index (χ0n) is 13.7. The van der Waals surface area contributed by atoms with Crippen LogP contribution < -0.4 is 0 Å². The van der Waals surface area contributed by atoms with Crippen molar-refractivity contribution in [3.8, 4) is 5.69 Å². The van der Waals surface area contributed by atoms with E-state index >= 15 is 0 Å². The van der Waals surface area contributed by atoms with E-state index in [4.69, 9.17) is 0 Å². The molecule has 0 aliphatic carbocycles. The van der Waals surface area contributed by atoms with Gasteiger partial charge in [-0.3, -0.25) is 4.79 Å². The molecule has 0 saturated carbocycles. The minimum Gasteiger partial charge on any atom is -0.329 e. The van der Waals surface area contributed by atoms with Gasteiger partial charge in [0.2, 0.25) is 0 Å². The Kier molecular flexibility index (Phi) is 3.41. The van der Waals surface area contributed by atoms with Crippen LogP contribution in [-0.4, -0.2) is 41.9 Å². The highest BCUT2D eigenvalue weighted by molar-refractivity contribution is 5.95. The first kappa shape index (κ1) is 14.6. The molecule has 7 nitrogen and oxygen atoms in total. The molecule has 1 aliphatic rings. The zero-order chi connectivity index (χ0) is 16.7. The van der Waals surface area contributed by atoms with Crippen molar-refractivity contribution in [2.24, 2.45) is 0 Å². The molecule has 3 heterocycles. The van der Waals surface area contributed by atoms with E-state index in [9.17, 15) is 4.79 Å². The molecule has 4 rings (SSSR count). The predicted molar refractivity (Wildman–Crippen MR) is 87.8 cm³/mol. The fourth-order valence-electron chi connectivity index (χ4n) is 3.10. The average molecular weight is 322 g/mol. The Balaban J connectivity index is 1.61. The molecule has 3 aromatic rings. The van der Waals surface area contributed by atoms with Crippen LogP contribution in [0.3, 0.4) is 0 Å². The number of nitrogens with zero attached hydrogens (tertiary/aromatic N) is 6. The normalized spacial score (nSPS) is 13.8. The Bertz CT molecular complexity index is 895. The first-order chi connectivity index (χ1) is 11.6. The number of aromatic nitrogens is 5. The van der Waals surface area contributed by atoms with Crippen LogP contribution >= 0.6 is 0 Å². The molecule has 0 bridgehead atoms. The van der Waals surface area contributed by atoms with E-state index in [1.165, 1.54) is 0 Å². The van der Waals surface area contributed by atoms with Gasteiger partial charge >= 0.3 is 0 Å². The quantitative estimate of drug-likeness (QED) is 0.720. The number of amides is 1. The van der Waals surface area contributed by atoms with E-state index in [0.29, 0.717) is 18.7 Å². The number of fused-ring (bicyclic) bond motifs is 1. The minimum absolute atomic E-state index is 0.0124.